The maximum atomic E-state index is 6.34. The standard InChI is InChI=1S/C13H25ClN2O/c14-13-4-2-1-3-12(13)11-15-5-6-16-7-9-17-10-8-16/h12-13,15H,1-11H2. The molecule has 2 rings (SSSR count). The Hall–Kier alpha value is 0.170. The summed E-state index contributed by atoms with van der Waals surface area (Å²) in [5.41, 5.74) is 0. The van der Waals surface area contributed by atoms with E-state index in [-0.39, 0.29) is 0 Å². The minimum absolute atomic E-state index is 0.402. The zero-order valence-electron chi connectivity index (χ0n) is 10.7. The molecule has 100 valence electrons. The second kappa shape index (κ2) is 7.57. The first-order chi connectivity index (χ1) is 8.36. The van der Waals surface area contributed by atoms with Gasteiger partial charge in [0.1, 0.15) is 0 Å². The highest BCUT2D eigenvalue weighted by Gasteiger charge is 2.22. The molecule has 0 aromatic carbocycles. The highest BCUT2D eigenvalue weighted by atomic mass is 35.5. The minimum atomic E-state index is 0.402. The molecule has 0 aromatic rings. The van der Waals surface area contributed by atoms with E-state index in [4.69, 9.17) is 16.3 Å². The number of alkyl halides is 1. The number of rotatable bonds is 5. The third-order valence-corrected chi connectivity index (χ3v) is 4.51. The molecular formula is C13H25ClN2O. The highest BCUT2D eigenvalue weighted by Crippen LogP contribution is 2.27. The maximum Gasteiger partial charge on any atom is 0.0594 e. The van der Waals surface area contributed by atoms with Crippen molar-refractivity contribution in [3.8, 4) is 0 Å². The van der Waals surface area contributed by atoms with Crippen LogP contribution < -0.4 is 5.32 Å². The SMILES string of the molecule is ClC1CCCCC1CNCCN1CCOCC1. The summed E-state index contributed by atoms with van der Waals surface area (Å²) in [6.45, 7) is 7.28. The second-order valence-electron chi connectivity index (χ2n) is 5.22. The van der Waals surface area contributed by atoms with Gasteiger partial charge < -0.3 is 10.1 Å². The predicted molar refractivity (Wildman–Crippen MR) is 71.7 cm³/mol. The molecule has 2 fully saturated rings. The van der Waals surface area contributed by atoms with Gasteiger partial charge in [0.15, 0.2) is 0 Å². The molecular weight excluding hydrogens is 236 g/mol. The third kappa shape index (κ3) is 4.74. The summed E-state index contributed by atoms with van der Waals surface area (Å²) in [6, 6.07) is 0. The van der Waals surface area contributed by atoms with Crippen LogP contribution in [0.2, 0.25) is 0 Å². The summed E-state index contributed by atoms with van der Waals surface area (Å²) < 4.78 is 5.34. The number of nitrogens with one attached hydrogen (secondary N) is 1. The summed E-state index contributed by atoms with van der Waals surface area (Å²) in [5.74, 6) is 0.690. The number of ether oxygens (including phenoxy) is 1. The Balaban J connectivity index is 1.53. The van der Waals surface area contributed by atoms with Gasteiger partial charge in [-0.05, 0) is 25.3 Å². The summed E-state index contributed by atoms with van der Waals surface area (Å²) in [7, 11) is 0. The van der Waals surface area contributed by atoms with E-state index in [0.29, 0.717) is 11.3 Å². The molecule has 4 heteroatoms. The number of hydrogen-bond donors (Lipinski definition) is 1. The van der Waals surface area contributed by atoms with E-state index in [1.165, 1.54) is 25.7 Å². The Morgan fingerprint density at radius 2 is 1.94 bits per heavy atom. The molecule has 0 radical (unpaired) electrons. The molecule has 1 aliphatic heterocycles. The van der Waals surface area contributed by atoms with Crippen molar-refractivity contribution in [1.29, 1.82) is 0 Å². The fraction of sp³-hybridized carbons (Fsp3) is 1.00. The van der Waals surface area contributed by atoms with Crippen LogP contribution >= 0.6 is 11.6 Å². The van der Waals surface area contributed by atoms with E-state index in [0.717, 1.165) is 45.9 Å². The quantitative estimate of drug-likeness (QED) is 0.602. The van der Waals surface area contributed by atoms with E-state index in [9.17, 15) is 0 Å². The molecule has 0 bridgehead atoms. The summed E-state index contributed by atoms with van der Waals surface area (Å²) in [5, 5.41) is 3.97. The van der Waals surface area contributed by atoms with Crippen molar-refractivity contribution in [3.63, 3.8) is 0 Å². The van der Waals surface area contributed by atoms with Crippen LogP contribution in [0.25, 0.3) is 0 Å². The van der Waals surface area contributed by atoms with Crippen molar-refractivity contribution in [1.82, 2.24) is 10.2 Å². The van der Waals surface area contributed by atoms with E-state index in [2.05, 4.69) is 10.2 Å². The van der Waals surface area contributed by atoms with Gasteiger partial charge in [0, 0.05) is 31.6 Å². The number of nitrogens with zero attached hydrogens (tertiary/aromatic N) is 1. The predicted octanol–water partition coefficient (Wildman–Crippen LogP) is 1.71. The molecule has 3 nitrogen and oxygen atoms in total. The van der Waals surface area contributed by atoms with Crippen LogP contribution in [0.4, 0.5) is 0 Å². The van der Waals surface area contributed by atoms with Crippen LogP contribution in [0, 0.1) is 5.92 Å². The smallest absolute Gasteiger partial charge is 0.0594 e. The van der Waals surface area contributed by atoms with Crippen LogP contribution in [-0.4, -0.2) is 56.2 Å². The molecule has 2 aliphatic rings. The average molecular weight is 261 g/mol. The fourth-order valence-electron chi connectivity index (χ4n) is 2.74. The van der Waals surface area contributed by atoms with Crippen LogP contribution in [-0.2, 0) is 4.74 Å². The van der Waals surface area contributed by atoms with Crippen LogP contribution in [0.3, 0.4) is 0 Å². The van der Waals surface area contributed by atoms with Crippen molar-refractivity contribution in [2.75, 3.05) is 45.9 Å². The lowest BCUT2D eigenvalue weighted by Crippen LogP contribution is -2.41. The largest absolute Gasteiger partial charge is 0.379 e. The van der Waals surface area contributed by atoms with Gasteiger partial charge in [0.25, 0.3) is 0 Å². The number of morpholine rings is 1. The minimum Gasteiger partial charge on any atom is -0.379 e. The van der Waals surface area contributed by atoms with Crippen LogP contribution in [0.1, 0.15) is 25.7 Å². The van der Waals surface area contributed by atoms with Crippen molar-refractivity contribution in [2.24, 2.45) is 5.92 Å². The molecule has 0 spiro atoms. The third-order valence-electron chi connectivity index (χ3n) is 3.93. The average Bonchev–Trinajstić information content (AvgIpc) is 2.38. The fourth-order valence-corrected chi connectivity index (χ4v) is 3.11. The molecule has 1 aliphatic carbocycles. The van der Waals surface area contributed by atoms with Crippen LogP contribution in [0.5, 0.6) is 0 Å². The first kappa shape index (κ1) is 13.6. The normalized spacial score (nSPS) is 31.6. The molecule has 17 heavy (non-hydrogen) atoms. The molecule has 1 saturated carbocycles. The van der Waals surface area contributed by atoms with E-state index < -0.39 is 0 Å². The zero-order chi connectivity index (χ0) is 11.9. The molecule has 1 heterocycles. The first-order valence-corrected chi connectivity index (χ1v) is 7.45. The molecule has 1 N–H and O–H groups in total. The van der Waals surface area contributed by atoms with E-state index >= 15 is 0 Å². The zero-order valence-corrected chi connectivity index (χ0v) is 11.4. The van der Waals surface area contributed by atoms with E-state index in [1.807, 2.05) is 0 Å². The van der Waals surface area contributed by atoms with Crippen molar-refractivity contribution in [3.05, 3.63) is 0 Å². The van der Waals surface area contributed by atoms with E-state index in [1.54, 1.807) is 0 Å². The first-order valence-electron chi connectivity index (χ1n) is 7.01. The molecule has 2 unspecified atom stereocenters. The van der Waals surface area contributed by atoms with Gasteiger partial charge >= 0.3 is 0 Å². The summed E-state index contributed by atoms with van der Waals surface area (Å²) in [6.07, 6.45) is 5.19. The van der Waals surface area contributed by atoms with Crippen molar-refractivity contribution >= 4 is 11.6 Å². The summed E-state index contributed by atoms with van der Waals surface area (Å²) >= 11 is 6.34. The Morgan fingerprint density at radius 3 is 2.71 bits per heavy atom. The molecule has 0 aromatic heterocycles. The highest BCUT2D eigenvalue weighted by molar-refractivity contribution is 6.20. The topological polar surface area (TPSA) is 24.5 Å². The number of hydrogen-bond acceptors (Lipinski definition) is 3. The monoisotopic (exact) mass is 260 g/mol. The lowest BCUT2D eigenvalue weighted by Gasteiger charge is -2.29. The summed E-state index contributed by atoms with van der Waals surface area (Å²) in [4.78, 5) is 2.47. The van der Waals surface area contributed by atoms with Gasteiger partial charge in [-0.2, -0.15) is 0 Å². The lowest BCUT2D eigenvalue weighted by molar-refractivity contribution is 0.0383. The van der Waals surface area contributed by atoms with Gasteiger partial charge in [-0.1, -0.05) is 12.8 Å². The van der Waals surface area contributed by atoms with Gasteiger partial charge in [-0.3, -0.25) is 4.90 Å². The Kier molecular flexibility index (Phi) is 6.06. The van der Waals surface area contributed by atoms with Gasteiger partial charge in [0.05, 0.1) is 13.2 Å². The molecule has 0 amide bonds. The Bertz CT molecular complexity index is 210. The maximum absolute atomic E-state index is 6.34. The van der Waals surface area contributed by atoms with Gasteiger partial charge in [-0.25, -0.2) is 0 Å². The number of halogens is 1. The van der Waals surface area contributed by atoms with Gasteiger partial charge in [-0.15, -0.1) is 11.6 Å². The van der Waals surface area contributed by atoms with Crippen molar-refractivity contribution in [2.45, 2.75) is 31.1 Å². The second-order valence-corrected chi connectivity index (χ2v) is 5.78. The van der Waals surface area contributed by atoms with Crippen molar-refractivity contribution < 1.29 is 4.74 Å². The molecule has 2 atom stereocenters. The Morgan fingerprint density at radius 1 is 1.18 bits per heavy atom. The lowest BCUT2D eigenvalue weighted by atomic mass is 9.89. The molecule has 1 saturated heterocycles. The Labute approximate surface area is 110 Å². The van der Waals surface area contributed by atoms with Crippen LogP contribution in [0.15, 0.2) is 0 Å². The van der Waals surface area contributed by atoms with Gasteiger partial charge in [0.2, 0.25) is 0 Å².